The van der Waals surface area contributed by atoms with Gasteiger partial charge in [0, 0.05) is 5.56 Å². The first kappa shape index (κ1) is 28.1. The van der Waals surface area contributed by atoms with Crippen LogP contribution in [-0.4, -0.2) is 24.3 Å². The van der Waals surface area contributed by atoms with Crippen LogP contribution in [0.5, 0.6) is 11.5 Å². The Morgan fingerprint density at radius 1 is 1.02 bits per heavy atom. The molecule has 0 unspecified atom stereocenters. The zero-order valence-electron chi connectivity index (χ0n) is 23.8. The highest BCUT2D eigenvalue weighted by Crippen LogP contribution is 2.30. The molecule has 1 aromatic heterocycles. The van der Waals surface area contributed by atoms with Crippen molar-refractivity contribution in [2.75, 3.05) is 13.7 Å². The number of methoxy groups -OCH3 is 1. The largest absolute Gasteiger partial charge is 0.496 e. The highest BCUT2D eigenvalue weighted by atomic mass is 32.1. The van der Waals surface area contributed by atoms with Crippen LogP contribution in [0.1, 0.15) is 47.7 Å². The Bertz CT molecular complexity index is 1820. The first-order valence-corrected chi connectivity index (χ1v) is 14.2. The monoisotopic (exact) mass is 568 g/mol. The Morgan fingerprint density at radius 2 is 1.80 bits per heavy atom. The Morgan fingerprint density at radius 3 is 2.54 bits per heavy atom. The van der Waals surface area contributed by atoms with Gasteiger partial charge in [-0.2, -0.15) is 0 Å². The number of allylic oxidation sites excluding steroid dienone is 1. The molecule has 0 radical (unpaired) electrons. The van der Waals surface area contributed by atoms with Crippen LogP contribution < -0.4 is 24.4 Å². The van der Waals surface area contributed by atoms with Crippen molar-refractivity contribution in [2.45, 2.75) is 40.3 Å². The Kier molecular flexibility index (Phi) is 8.21. The summed E-state index contributed by atoms with van der Waals surface area (Å²) in [5.41, 5.74) is 5.44. The summed E-state index contributed by atoms with van der Waals surface area (Å²) in [4.78, 5) is 32.1. The minimum Gasteiger partial charge on any atom is -0.496 e. The molecule has 0 aliphatic carbocycles. The topological polar surface area (TPSA) is 79.1 Å². The van der Waals surface area contributed by atoms with Crippen molar-refractivity contribution in [2.24, 2.45) is 4.99 Å². The SMILES string of the molecule is CCOC(=O)C1=C(C)N=c2s/c(=C\c3ccc(OC)c(COc4cccc(C)c4C)c3)c(=O)n2[C@H]1c1ccccc1. The van der Waals surface area contributed by atoms with E-state index in [1.807, 2.05) is 73.7 Å². The summed E-state index contributed by atoms with van der Waals surface area (Å²) in [6.45, 7) is 8.18. The van der Waals surface area contributed by atoms with Gasteiger partial charge in [0.1, 0.15) is 18.1 Å². The molecule has 2 heterocycles. The molecular weight excluding hydrogens is 536 g/mol. The fourth-order valence-electron chi connectivity index (χ4n) is 4.93. The highest BCUT2D eigenvalue weighted by Gasteiger charge is 2.33. The molecule has 0 spiro atoms. The second-order valence-electron chi connectivity index (χ2n) is 9.77. The van der Waals surface area contributed by atoms with E-state index in [1.165, 1.54) is 11.3 Å². The molecule has 210 valence electrons. The van der Waals surface area contributed by atoms with Crippen LogP contribution in [0, 0.1) is 13.8 Å². The number of benzene rings is 3. The van der Waals surface area contributed by atoms with Gasteiger partial charge in [0.15, 0.2) is 4.80 Å². The molecule has 0 saturated heterocycles. The van der Waals surface area contributed by atoms with Crippen molar-refractivity contribution < 1.29 is 19.0 Å². The van der Waals surface area contributed by atoms with Gasteiger partial charge in [-0.05, 0) is 74.2 Å². The molecule has 3 aromatic carbocycles. The fraction of sp³-hybridized carbons (Fsp3) is 0.242. The Hall–Kier alpha value is -4.43. The summed E-state index contributed by atoms with van der Waals surface area (Å²) in [7, 11) is 1.63. The molecule has 8 heteroatoms. The number of hydrogen-bond donors (Lipinski definition) is 0. The normalized spacial score (nSPS) is 14.9. The number of aryl methyl sites for hydroxylation is 1. The van der Waals surface area contributed by atoms with E-state index in [0.717, 1.165) is 33.6 Å². The molecule has 4 aromatic rings. The van der Waals surface area contributed by atoms with Crippen LogP contribution in [-0.2, 0) is 16.1 Å². The predicted octanol–water partition coefficient (Wildman–Crippen LogP) is 5.00. The zero-order valence-corrected chi connectivity index (χ0v) is 24.6. The number of carbonyl (C=O) groups excluding carboxylic acids is 1. The minimum atomic E-state index is -0.633. The summed E-state index contributed by atoms with van der Waals surface area (Å²) in [6.07, 6.45) is 1.84. The van der Waals surface area contributed by atoms with E-state index in [9.17, 15) is 9.59 Å². The molecule has 1 aliphatic heterocycles. The summed E-state index contributed by atoms with van der Waals surface area (Å²) in [5.74, 6) is 1.05. The number of esters is 1. The van der Waals surface area contributed by atoms with Crippen LogP contribution in [0.15, 0.2) is 87.8 Å². The van der Waals surface area contributed by atoms with Crippen LogP contribution in [0.4, 0.5) is 0 Å². The molecule has 1 atom stereocenters. The number of ether oxygens (including phenoxy) is 3. The highest BCUT2D eigenvalue weighted by molar-refractivity contribution is 7.07. The van der Waals surface area contributed by atoms with Gasteiger partial charge in [-0.25, -0.2) is 9.79 Å². The molecule has 0 amide bonds. The van der Waals surface area contributed by atoms with E-state index in [0.29, 0.717) is 33.0 Å². The average Bonchev–Trinajstić information content (AvgIpc) is 3.27. The third-order valence-electron chi connectivity index (χ3n) is 7.17. The molecule has 1 aliphatic rings. The Labute approximate surface area is 242 Å². The van der Waals surface area contributed by atoms with Crippen molar-refractivity contribution in [3.8, 4) is 11.5 Å². The molecule has 7 nitrogen and oxygen atoms in total. The minimum absolute atomic E-state index is 0.221. The van der Waals surface area contributed by atoms with E-state index in [1.54, 1.807) is 25.5 Å². The number of rotatable bonds is 8. The summed E-state index contributed by atoms with van der Waals surface area (Å²) >= 11 is 1.30. The van der Waals surface area contributed by atoms with Crippen molar-refractivity contribution in [3.63, 3.8) is 0 Å². The van der Waals surface area contributed by atoms with Gasteiger partial charge in [0.05, 0.1) is 35.6 Å². The van der Waals surface area contributed by atoms with E-state index in [-0.39, 0.29) is 12.2 Å². The standard InChI is InChI=1S/C33H32N2O5S/c1-6-39-32(37)29-22(4)34-33-35(30(29)24-12-8-7-9-13-24)31(36)28(41-33)18-23-15-16-27(38-5)25(17-23)19-40-26-14-10-11-20(2)21(26)3/h7-18,30H,6,19H2,1-5H3/b28-18-/t30-/m0/s1. The number of nitrogens with zero attached hydrogens (tertiary/aromatic N) is 2. The van der Waals surface area contributed by atoms with Gasteiger partial charge >= 0.3 is 5.97 Å². The number of aromatic nitrogens is 1. The third kappa shape index (κ3) is 5.60. The lowest BCUT2D eigenvalue weighted by molar-refractivity contribution is -0.139. The predicted molar refractivity (Wildman–Crippen MR) is 160 cm³/mol. The maximum absolute atomic E-state index is 13.9. The second-order valence-corrected chi connectivity index (χ2v) is 10.8. The van der Waals surface area contributed by atoms with Crippen molar-refractivity contribution in [1.82, 2.24) is 4.57 Å². The van der Waals surface area contributed by atoms with E-state index < -0.39 is 12.0 Å². The molecule has 0 fully saturated rings. The molecule has 5 rings (SSSR count). The maximum Gasteiger partial charge on any atom is 0.338 e. The Balaban J connectivity index is 1.57. The van der Waals surface area contributed by atoms with Gasteiger partial charge in [0.2, 0.25) is 0 Å². The number of hydrogen-bond acceptors (Lipinski definition) is 7. The van der Waals surface area contributed by atoms with Gasteiger partial charge in [-0.15, -0.1) is 0 Å². The van der Waals surface area contributed by atoms with Crippen LogP contribution in [0.3, 0.4) is 0 Å². The number of carbonyl (C=O) groups is 1. The lowest BCUT2D eigenvalue weighted by Crippen LogP contribution is -2.39. The van der Waals surface area contributed by atoms with Gasteiger partial charge in [-0.3, -0.25) is 9.36 Å². The second kappa shape index (κ2) is 12.0. The number of fused-ring (bicyclic) bond motifs is 1. The van der Waals surface area contributed by atoms with Crippen molar-refractivity contribution in [3.05, 3.63) is 126 Å². The molecular formula is C33H32N2O5S. The zero-order chi connectivity index (χ0) is 29.1. The molecule has 0 saturated carbocycles. The lowest BCUT2D eigenvalue weighted by atomic mass is 9.96. The quantitative estimate of drug-likeness (QED) is 0.280. The van der Waals surface area contributed by atoms with E-state index in [4.69, 9.17) is 14.2 Å². The summed E-state index contributed by atoms with van der Waals surface area (Å²) < 4.78 is 19.2. The van der Waals surface area contributed by atoms with Crippen LogP contribution in [0.2, 0.25) is 0 Å². The maximum atomic E-state index is 13.9. The third-order valence-corrected chi connectivity index (χ3v) is 8.16. The fourth-order valence-corrected chi connectivity index (χ4v) is 5.98. The van der Waals surface area contributed by atoms with Crippen LogP contribution >= 0.6 is 11.3 Å². The first-order chi connectivity index (χ1) is 19.8. The molecule has 0 N–H and O–H groups in total. The number of thiazole rings is 1. The van der Waals surface area contributed by atoms with E-state index in [2.05, 4.69) is 18.0 Å². The first-order valence-electron chi connectivity index (χ1n) is 13.4. The smallest absolute Gasteiger partial charge is 0.338 e. The average molecular weight is 569 g/mol. The lowest BCUT2D eigenvalue weighted by Gasteiger charge is -2.24. The summed E-state index contributed by atoms with van der Waals surface area (Å²) in [5, 5.41) is 0. The summed E-state index contributed by atoms with van der Waals surface area (Å²) in [6, 6.07) is 20.6. The van der Waals surface area contributed by atoms with E-state index >= 15 is 0 Å². The van der Waals surface area contributed by atoms with Crippen molar-refractivity contribution in [1.29, 1.82) is 0 Å². The van der Waals surface area contributed by atoms with Gasteiger partial charge < -0.3 is 14.2 Å². The van der Waals surface area contributed by atoms with Gasteiger partial charge in [0.25, 0.3) is 5.56 Å². The molecule has 0 bridgehead atoms. The van der Waals surface area contributed by atoms with Crippen LogP contribution in [0.25, 0.3) is 6.08 Å². The van der Waals surface area contributed by atoms with Crippen molar-refractivity contribution >= 4 is 23.4 Å². The molecule has 41 heavy (non-hydrogen) atoms. The van der Waals surface area contributed by atoms with Gasteiger partial charge in [-0.1, -0.05) is 59.9 Å².